The van der Waals surface area contributed by atoms with Crippen LogP contribution in [-0.2, 0) is 25.7 Å². The number of para-hydroxylation sites is 2. The molecule has 8 rings (SSSR count). The molecule has 0 unspecified atom stereocenters. The van der Waals surface area contributed by atoms with Crippen LogP contribution in [0.1, 0.15) is 48.2 Å². The summed E-state index contributed by atoms with van der Waals surface area (Å²) in [5.74, 6) is 0. The third-order valence-corrected chi connectivity index (χ3v) is 8.78. The number of anilines is 4. The van der Waals surface area contributed by atoms with Gasteiger partial charge in [0.25, 0.3) is 0 Å². The summed E-state index contributed by atoms with van der Waals surface area (Å²) in [6, 6.07) is 30.3. The van der Waals surface area contributed by atoms with Crippen molar-refractivity contribution >= 4 is 55.3 Å². The van der Waals surface area contributed by atoms with Gasteiger partial charge >= 0.3 is 0 Å². The van der Waals surface area contributed by atoms with Crippen molar-refractivity contribution in [3.8, 4) is 0 Å². The zero-order valence-corrected chi connectivity index (χ0v) is 22.6. The predicted molar refractivity (Wildman–Crippen MR) is 167 cm³/mol. The van der Waals surface area contributed by atoms with E-state index in [9.17, 15) is 0 Å². The second-order valence-electron chi connectivity index (χ2n) is 11.2. The lowest BCUT2D eigenvalue weighted by Gasteiger charge is -2.23. The Morgan fingerprint density at radius 3 is 1.35 bits per heavy atom. The van der Waals surface area contributed by atoms with E-state index in [2.05, 4.69) is 95.6 Å². The van der Waals surface area contributed by atoms with Crippen LogP contribution in [0.25, 0.3) is 32.6 Å². The van der Waals surface area contributed by atoms with Crippen molar-refractivity contribution in [3.63, 3.8) is 0 Å². The highest BCUT2D eigenvalue weighted by atomic mass is 14.9. The van der Waals surface area contributed by atoms with Gasteiger partial charge in [-0.15, -0.1) is 0 Å². The van der Waals surface area contributed by atoms with E-state index in [1.165, 1.54) is 81.1 Å². The zero-order valence-electron chi connectivity index (χ0n) is 22.6. The Hall–Kier alpha value is -4.44. The van der Waals surface area contributed by atoms with Gasteiger partial charge in [0.1, 0.15) is 0 Å². The van der Waals surface area contributed by atoms with Crippen LogP contribution in [0.15, 0.2) is 84.9 Å². The van der Waals surface area contributed by atoms with Crippen LogP contribution in [0.5, 0.6) is 0 Å². The molecule has 0 spiro atoms. The second kappa shape index (κ2) is 9.63. The second-order valence-corrected chi connectivity index (χ2v) is 11.2. The van der Waals surface area contributed by atoms with Crippen LogP contribution in [0.3, 0.4) is 0 Å². The van der Waals surface area contributed by atoms with Gasteiger partial charge in [-0.2, -0.15) is 0 Å². The molecule has 4 heteroatoms. The molecule has 0 fully saturated rings. The van der Waals surface area contributed by atoms with Gasteiger partial charge in [-0.3, -0.25) is 9.97 Å². The molecule has 40 heavy (non-hydrogen) atoms. The third kappa shape index (κ3) is 3.90. The fraction of sp³-hybridized carbons (Fsp3) is 0.222. The minimum Gasteiger partial charge on any atom is -0.354 e. The van der Waals surface area contributed by atoms with Crippen LogP contribution in [-0.4, -0.2) is 9.97 Å². The molecular formula is C36H32N4. The van der Waals surface area contributed by atoms with E-state index < -0.39 is 0 Å². The van der Waals surface area contributed by atoms with Gasteiger partial charge in [0.05, 0.1) is 22.4 Å². The molecule has 196 valence electrons. The molecule has 0 saturated heterocycles. The van der Waals surface area contributed by atoms with Crippen molar-refractivity contribution in [2.75, 3.05) is 10.6 Å². The maximum absolute atomic E-state index is 5.05. The minimum atomic E-state index is 1.06. The molecule has 4 nitrogen and oxygen atoms in total. The first-order chi connectivity index (χ1) is 19.8. The summed E-state index contributed by atoms with van der Waals surface area (Å²) in [6.45, 7) is 0. The quantitative estimate of drug-likeness (QED) is 0.243. The lowest BCUT2D eigenvalue weighted by molar-refractivity contribution is 0.672. The van der Waals surface area contributed by atoms with Gasteiger partial charge in [-0.05, 0) is 86.8 Å². The summed E-state index contributed by atoms with van der Waals surface area (Å²) in [4.78, 5) is 10.1. The van der Waals surface area contributed by atoms with Gasteiger partial charge < -0.3 is 10.6 Å². The summed E-state index contributed by atoms with van der Waals surface area (Å²) >= 11 is 0. The van der Waals surface area contributed by atoms with E-state index in [-0.39, 0.29) is 0 Å². The first-order valence-corrected chi connectivity index (χ1v) is 14.7. The monoisotopic (exact) mass is 520 g/mol. The van der Waals surface area contributed by atoms with Gasteiger partial charge in [-0.1, -0.05) is 60.7 Å². The number of nitrogens with zero attached hydrogens (tertiary/aromatic N) is 2. The number of benzene rings is 4. The molecule has 0 aliphatic heterocycles. The van der Waals surface area contributed by atoms with Crippen LogP contribution in [0.4, 0.5) is 22.7 Å². The van der Waals surface area contributed by atoms with Crippen molar-refractivity contribution in [1.29, 1.82) is 0 Å². The predicted octanol–water partition coefficient (Wildman–Crippen LogP) is 9.18. The Balaban J connectivity index is 1.26. The highest BCUT2D eigenvalue weighted by Gasteiger charge is 2.21. The summed E-state index contributed by atoms with van der Waals surface area (Å²) in [7, 11) is 0. The summed E-state index contributed by atoms with van der Waals surface area (Å²) in [5.41, 5.74) is 12.1. The molecule has 2 aliphatic rings. The minimum absolute atomic E-state index is 1.06. The molecule has 2 heterocycles. The first kappa shape index (κ1) is 23.4. The number of aryl methyl sites for hydroxylation is 2. The number of hydrogen-bond donors (Lipinski definition) is 2. The average Bonchev–Trinajstić information content (AvgIpc) is 3.01. The SMILES string of the molecule is c1ccc2c(Nc3cccc4c(Nc5c6c(nc7ccccc57)CCCC6)cccc34)c3c(nc2c1)CCCC3. The molecule has 0 atom stereocenters. The van der Waals surface area contributed by atoms with Crippen molar-refractivity contribution in [1.82, 2.24) is 9.97 Å². The largest absolute Gasteiger partial charge is 0.354 e. The smallest absolute Gasteiger partial charge is 0.0726 e. The Morgan fingerprint density at radius 1 is 0.425 bits per heavy atom. The standard InChI is InChI=1S/C36H32N4/c1-5-17-31-25(11-1)35(26-12-2-6-18-32(26)37-31)39-29-21-9-16-24-23(29)15-10-22-30(24)40-36-27-13-3-7-19-33(27)38-34-20-8-4-14-28(34)36/h1,3,5,7,9-11,13,15-17,19,21-22H,2,4,6,8,12,14,18,20H2,(H,37,39)(H,38,40). The van der Waals surface area contributed by atoms with Gasteiger partial charge in [-0.25, -0.2) is 0 Å². The fourth-order valence-electron chi connectivity index (χ4n) is 6.83. The molecule has 2 N–H and O–H groups in total. The highest BCUT2D eigenvalue weighted by Crippen LogP contribution is 2.40. The van der Waals surface area contributed by atoms with E-state index in [1.807, 2.05) is 0 Å². The fourth-order valence-corrected chi connectivity index (χ4v) is 6.83. The van der Waals surface area contributed by atoms with Crippen LogP contribution < -0.4 is 10.6 Å². The summed E-state index contributed by atoms with van der Waals surface area (Å²) in [6.07, 6.45) is 9.14. The Kier molecular flexibility index (Phi) is 5.65. The Labute approximate surface area is 234 Å². The van der Waals surface area contributed by atoms with E-state index in [4.69, 9.17) is 9.97 Å². The number of fused-ring (bicyclic) bond motifs is 5. The molecular weight excluding hydrogens is 488 g/mol. The van der Waals surface area contributed by atoms with Gasteiger partial charge in [0.2, 0.25) is 0 Å². The molecule has 4 aromatic carbocycles. The van der Waals surface area contributed by atoms with Crippen molar-refractivity contribution in [2.24, 2.45) is 0 Å². The maximum Gasteiger partial charge on any atom is 0.0726 e. The van der Waals surface area contributed by atoms with Crippen molar-refractivity contribution in [2.45, 2.75) is 51.4 Å². The first-order valence-electron chi connectivity index (χ1n) is 14.7. The number of pyridine rings is 2. The molecule has 6 aromatic rings. The van der Waals surface area contributed by atoms with E-state index in [0.29, 0.717) is 0 Å². The van der Waals surface area contributed by atoms with Crippen molar-refractivity contribution < 1.29 is 0 Å². The van der Waals surface area contributed by atoms with E-state index in [0.717, 1.165) is 48.1 Å². The van der Waals surface area contributed by atoms with Crippen LogP contribution in [0.2, 0.25) is 0 Å². The van der Waals surface area contributed by atoms with E-state index in [1.54, 1.807) is 0 Å². The molecule has 2 aliphatic carbocycles. The molecule has 0 amide bonds. The van der Waals surface area contributed by atoms with Crippen LogP contribution in [0, 0.1) is 0 Å². The van der Waals surface area contributed by atoms with Crippen molar-refractivity contribution in [3.05, 3.63) is 107 Å². The molecule has 2 aromatic heterocycles. The number of rotatable bonds is 4. The summed E-state index contributed by atoms with van der Waals surface area (Å²) in [5, 5.41) is 12.6. The normalized spacial score (nSPS) is 14.7. The lowest BCUT2D eigenvalue weighted by Crippen LogP contribution is -2.10. The number of nitrogens with one attached hydrogen (secondary N) is 2. The maximum atomic E-state index is 5.05. The van der Waals surface area contributed by atoms with E-state index >= 15 is 0 Å². The third-order valence-electron chi connectivity index (χ3n) is 8.78. The zero-order chi connectivity index (χ0) is 26.5. The molecule has 0 saturated carbocycles. The number of aromatic nitrogens is 2. The van der Waals surface area contributed by atoms with Gasteiger partial charge in [0, 0.05) is 44.3 Å². The highest BCUT2D eigenvalue weighted by molar-refractivity contribution is 6.07. The topological polar surface area (TPSA) is 49.8 Å². The lowest BCUT2D eigenvalue weighted by atomic mass is 9.92. The van der Waals surface area contributed by atoms with Gasteiger partial charge in [0.15, 0.2) is 0 Å². The molecule has 0 radical (unpaired) electrons. The Bertz CT molecular complexity index is 1780. The number of hydrogen-bond acceptors (Lipinski definition) is 4. The van der Waals surface area contributed by atoms with Crippen LogP contribution >= 0.6 is 0 Å². The Morgan fingerprint density at radius 2 is 0.850 bits per heavy atom. The molecule has 0 bridgehead atoms. The average molecular weight is 521 g/mol. The summed E-state index contributed by atoms with van der Waals surface area (Å²) < 4.78 is 0.